The van der Waals surface area contributed by atoms with Crippen LogP contribution in [0.15, 0.2) is 48.5 Å². The number of alkyl carbamates (subject to hydrolysis) is 1. The molecule has 0 bridgehead atoms. The van der Waals surface area contributed by atoms with E-state index in [4.69, 9.17) is 4.74 Å². The molecule has 0 spiro atoms. The molecule has 1 fully saturated rings. The first-order valence-electron chi connectivity index (χ1n) is 13.4. The van der Waals surface area contributed by atoms with Crippen molar-refractivity contribution in [2.75, 3.05) is 0 Å². The maximum absolute atomic E-state index is 14.4. The van der Waals surface area contributed by atoms with Gasteiger partial charge >= 0.3 is 6.09 Å². The third kappa shape index (κ3) is 8.33. The van der Waals surface area contributed by atoms with E-state index >= 15 is 0 Å². The molecule has 38 heavy (non-hydrogen) atoms. The smallest absolute Gasteiger partial charge is 0.408 e. The van der Waals surface area contributed by atoms with Gasteiger partial charge in [-0.25, -0.2) is 4.79 Å². The second-order valence-electron chi connectivity index (χ2n) is 12.4. The Labute approximate surface area is 227 Å². The monoisotopic (exact) mass is 521 g/mol. The summed E-state index contributed by atoms with van der Waals surface area (Å²) in [6.07, 6.45) is 1.23. The maximum Gasteiger partial charge on any atom is 0.408 e. The molecule has 0 radical (unpaired) electrons. The highest BCUT2D eigenvalue weighted by Gasteiger charge is 2.45. The van der Waals surface area contributed by atoms with Gasteiger partial charge in [-0.15, -0.1) is 0 Å². The van der Waals surface area contributed by atoms with Gasteiger partial charge in [0, 0.05) is 18.0 Å². The lowest BCUT2D eigenvalue weighted by molar-refractivity contribution is -0.143. The lowest BCUT2D eigenvalue weighted by Gasteiger charge is -2.37. The number of hydrogen-bond donors (Lipinski definition) is 2. The van der Waals surface area contributed by atoms with Gasteiger partial charge in [0.1, 0.15) is 17.7 Å². The molecular formula is C31H43N3O4. The zero-order chi connectivity index (χ0) is 28.3. The average molecular weight is 522 g/mol. The van der Waals surface area contributed by atoms with E-state index in [-0.39, 0.29) is 24.3 Å². The van der Waals surface area contributed by atoms with Gasteiger partial charge in [0.05, 0.1) is 0 Å². The van der Waals surface area contributed by atoms with Crippen molar-refractivity contribution in [3.8, 4) is 0 Å². The van der Waals surface area contributed by atoms with E-state index < -0.39 is 29.3 Å². The molecule has 0 saturated heterocycles. The van der Waals surface area contributed by atoms with Crippen LogP contribution in [0.1, 0.15) is 82.7 Å². The van der Waals surface area contributed by atoms with E-state index in [9.17, 15) is 14.4 Å². The van der Waals surface area contributed by atoms with Crippen molar-refractivity contribution in [3.63, 3.8) is 0 Å². The van der Waals surface area contributed by atoms with Crippen molar-refractivity contribution in [1.29, 1.82) is 0 Å². The van der Waals surface area contributed by atoms with Gasteiger partial charge in [0.2, 0.25) is 11.8 Å². The fourth-order valence-electron chi connectivity index (χ4n) is 4.54. The molecule has 206 valence electrons. The Balaban J connectivity index is 2.05. The van der Waals surface area contributed by atoms with Crippen LogP contribution < -0.4 is 10.6 Å². The summed E-state index contributed by atoms with van der Waals surface area (Å²) < 4.78 is 5.50. The molecular weight excluding hydrogens is 478 g/mol. The van der Waals surface area contributed by atoms with E-state index in [1.165, 1.54) is 0 Å². The largest absolute Gasteiger partial charge is 0.444 e. The summed E-state index contributed by atoms with van der Waals surface area (Å²) in [4.78, 5) is 42.8. The van der Waals surface area contributed by atoms with E-state index in [1.54, 1.807) is 25.7 Å². The predicted molar refractivity (Wildman–Crippen MR) is 150 cm³/mol. The summed E-state index contributed by atoms with van der Waals surface area (Å²) in [5.41, 5.74) is 2.52. The number of nitrogens with zero attached hydrogens (tertiary/aromatic N) is 1. The first kappa shape index (κ1) is 29.2. The SMILES string of the molecule is Cc1ccc(C(C(=O)NC(C)(C)C)N(C(=O)C(Cc2ccccc2)NC(=O)OC(C)(C)C)C2CC2)c(C)c1. The maximum atomic E-state index is 14.4. The molecule has 7 heteroatoms. The van der Waals surface area contributed by atoms with Crippen LogP contribution in [0.25, 0.3) is 0 Å². The van der Waals surface area contributed by atoms with Crippen LogP contribution in [0.5, 0.6) is 0 Å². The molecule has 2 aromatic rings. The summed E-state index contributed by atoms with van der Waals surface area (Å²) in [6.45, 7) is 15.1. The van der Waals surface area contributed by atoms with E-state index in [0.29, 0.717) is 0 Å². The number of carbonyl (C=O) groups is 3. The second kappa shape index (κ2) is 11.6. The normalized spacial score (nSPS) is 15.3. The summed E-state index contributed by atoms with van der Waals surface area (Å²) in [5, 5.41) is 5.91. The fraction of sp³-hybridized carbons (Fsp3) is 0.516. The van der Waals surface area contributed by atoms with Crippen LogP contribution in [-0.2, 0) is 20.7 Å². The van der Waals surface area contributed by atoms with Crippen molar-refractivity contribution in [2.24, 2.45) is 0 Å². The highest BCUT2D eigenvalue weighted by atomic mass is 16.6. The molecule has 2 aromatic carbocycles. The molecule has 1 aliphatic carbocycles. The summed E-state index contributed by atoms with van der Waals surface area (Å²) in [7, 11) is 0. The number of ether oxygens (including phenoxy) is 1. The van der Waals surface area contributed by atoms with E-state index in [2.05, 4.69) is 10.6 Å². The number of nitrogens with one attached hydrogen (secondary N) is 2. The van der Waals surface area contributed by atoms with Crippen molar-refractivity contribution >= 4 is 17.9 Å². The van der Waals surface area contributed by atoms with Crippen LogP contribution in [0.3, 0.4) is 0 Å². The highest BCUT2D eigenvalue weighted by molar-refractivity contribution is 5.93. The first-order valence-corrected chi connectivity index (χ1v) is 13.4. The predicted octanol–water partition coefficient (Wildman–Crippen LogP) is 5.39. The zero-order valence-corrected chi connectivity index (χ0v) is 24.1. The Morgan fingerprint density at radius 2 is 1.61 bits per heavy atom. The molecule has 0 heterocycles. The Morgan fingerprint density at radius 3 is 2.13 bits per heavy atom. The molecule has 2 atom stereocenters. The number of hydrogen-bond acceptors (Lipinski definition) is 4. The van der Waals surface area contributed by atoms with Crippen LogP contribution in [-0.4, -0.2) is 46.0 Å². The summed E-state index contributed by atoms with van der Waals surface area (Å²) in [6, 6.07) is 13.7. The number of amides is 3. The van der Waals surface area contributed by atoms with Crippen molar-refractivity contribution in [1.82, 2.24) is 15.5 Å². The third-order valence-corrected chi connectivity index (χ3v) is 6.21. The van der Waals surface area contributed by atoms with Gasteiger partial charge < -0.3 is 20.3 Å². The van der Waals surface area contributed by atoms with Crippen molar-refractivity contribution < 1.29 is 19.1 Å². The van der Waals surface area contributed by atoms with Crippen LogP contribution in [0, 0.1) is 13.8 Å². The molecule has 1 saturated carbocycles. The second-order valence-corrected chi connectivity index (χ2v) is 12.4. The van der Waals surface area contributed by atoms with E-state index in [1.807, 2.05) is 83.1 Å². The van der Waals surface area contributed by atoms with Crippen LogP contribution in [0.4, 0.5) is 4.79 Å². The number of aryl methyl sites for hydroxylation is 2. The molecule has 0 aromatic heterocycles. The van der Waals surface area contributed by atoms with Gasteiger partial charge in [0.25, 0.3) is 0 Å². The molecule has 2 N–H and O–H groups in total. The molecule has 2 unspecified atom stereocenters. The fourth-order valence-corrected chi connectivity index (χ4v) is 4.54. The summed E-state index contributed by atoms with van der Waals surface area (Å²) in [5.74, 6) is -0.531. The molecule has 3 rings (SSSR count). The van der Waals surface area contributed by atoms with Gasteiger partial charge in [-0.1, -0.05) is 54.1 Å². The standard InChI is InChI=1S/C31H43N3O4/c1-20-14-17-24(21(2)18-20)26(27(35)33-30(3,4)5)34(23-15-16-23)28(36)25(19-22-12-10-9-11-13-22)32-29(37)38-31(6,7)8/h9-14,17-18,23,25-26H,15-16,19H2,1-8H3,(H,32,37)(H,33,35). The van der Waals surface area contributed by atoms with E-state index in [0.717, 1.165) is 35.1 Å². The van der Waals surface area contributed by atoms with Crippen LogP contribution in [0.2, 0.25) is 0 Å². The van der Waals surface area contributed by atoms with Gasteiger partial charge in [-0.2, -0.15) is 0 Å². The Bertz CT molecular complexity index is 1140. The van der Waals surface area contributed by atoms with Gasteiger partial charge in [0.15, 0.2) is 0 Å². The number of benzene rings is 2. The Hall–Kier alpha value is -3.35. The lowest BCUT2D eigenvalue weighted by atomic mass is 9.94. The minimum absolute atomic E-state index is 0.0855. The van der Waals surface area contributed by atoms with Crippen LogP contribution >= 0.6 is 0 Å². The molecule has 7 nitrogen and oxygen atoms in total. The number of carbonyl (C=O) groups excluding carboxylic acids is 3. The van der Waals surface area contributed by atoms with Gasteiger partial charge in [-0.3, -0.25) is 9.59 Å². The Morgan fingerprint density at radius 1 is 0.974 bits per heavy atom. The average Bonchev–Trinajstić information content (AvgIpc) is 3.60. The summed E-state index contributed by atoms with van der Waals surface area (Å²) >= 11 is 0. The first-order chi connectivity index (χ1) is 17.6. The van der Waals surface area contributed by atoms with Crippen molar-refractivity contribution in [2.45, 2.75) is 104 Å². The lowest BCUT2D eigenvalue weighted by Crippen LogP contribution is -2.56. The molecule has 3 amide bonds. The quantitative estimate of drug-likeness (QED) is 0.488. The molecule has 0 aliphatic heterocycles. The topological polar surface area (TPSA) is 87.7 Å². The van der Waals surface area contributed by atoms with Gasteiger partial charge in [-0.05, 0) is 84.9 Å². The zero-order valence-electron chi connectivity index (χ0n) is 24.1. The minimum atomic E-state index is -0.899. The number of rotatable bonds is 8. The minimum Gasteiger partial charge on any atom is -0.444 e. The third-order valence-electron chi connectivity index (χ3n) is 6.21. The van der Waals surface area contributed by atoms with Crippen molar-refractivity contribution in [3.05, 3.63) is 70.8 Å². The Kier molecular flexibility index (Phi) is 8.90. The molecule has 1 aliphatic rings. The highest BCUT2D eigenvalue weighted by Crippen LogP contribution is 2.37.